The lowest BCUT2D eigenvalue weighted by molar-refractivity contribution is -0.134. The smallest absolute Gasteiger partial charge is 0.410 e. The second-order valence-electron chi connectivity index (χ2n) is 6.83. The molecular weight excluding hydrogens is 260 g/mol. The summed E-state index contributed by atoms with van der Waals surface area (Å²) >= 11 is 0. The van der Waals surface area contributed by atoms with E-state index in [1.165, 1.54) is 0 Å². The Morgan fingerprint density at radius 2 is 1.95 bits per heavy atom. The van der Waals surface area contributed by atoms with Crippen LogP contribution in [0.15, 0.2) is 0 Å². The van der Waals surface area contributed by atoms with Gasteiger partial charge < -0.3 is 20.1 Å². The summed E-state index contributed by atoms with van der Waals surface area (Å²) in [7, 11) is 0. The Labute approximate surface area is 119 Å². The number of carbonyl (C=O) groups is 2. The van der Waals surface area contributed by atoms with Gasteiger partial charge in [0, 0.05) is 13.1 Å². The Morgan fingerprint density at radius 1 is 1.40 bits per heavy atom. The summed E-state index contributed by atoms with van der Waals surface area (Å²) < 4.78 is 5.33. The second-order valence-corrected chi connectivity index (χ2v) is 6.83. The lowest BCUT2D eigenvalue weighted by Gasteiger charge is -2.39. The molecule has 0 aromatic rings. The van der Waals surface area contributed by atoms with Crippen LogP contribution in [0.2, 0.25) is 0 Å². The topological polar surface area (TPSA) is 78.9 Å². The first-order valence-electron chi connectivity index (χ1n) is 7.13. The molecule has 2 fully saturated rings. The summed E-state index contributed by atoms with van der Waals surface area (Å²) in [6, 6.07) is -0.226. The maximum atomic E-state index is 12.1. The van der Waals surface area contributed by atoms with E-state index in [4.69, 9.17) is 4.74 Å². The van der Waals surface area contributed by atoms with E-state index in [0.29, 0.717) is 25.9 Å². The first kappa shape index (κ1) is 15.1. The van der Waals surface area contributed by atoms with Crippen LogP contribution in [0.1, 0.15) is 40.5 Å². The lowest BCUT2D eigenvalue weighted by Crippen LogP contribution is -2.51. The predicted octanol–water partition coefficient (Wildman–Crippen LogP) is 0.883. The third-order valence-electron chi connectivity index (χ3n) is 4.16. The van der Waals surface area contributed by atoms with Crippen LogP contribution >= 0.6 is 0 Å². The largest absolute Gasteiger partial charge is 0.444 e. The second kappa shape index (κ2) is 4.91. The molecule has 0 aromatic carbocycles. The number of aliphatic hydroxyl groups is 1. The fourth-order valence-electron chi connectivity index (χ4n) is 2.98. The van der Waals surface area contributed by atoms with Gasteiger partial charge >= 0.3 is 6.09 Å². The minimum absolute atomic E-state index is 0.0960. The maximum absolute atomic E-state index is 12.1. The first-order chi connectivity index (χ1) is 9.16. The van der Waals surface area contributed by atoms with E-state index in [-0.39, 0.29) is 18.0 Å². The minimum atomic E-state index is -0.738. The van der Waals surface area contributed by atoms with Gasteiger partial charge in [-0.1, -0.05) is 0 Å². The van der Waals surface area contributed by atoms with Crippen molar-refractivity contribution in [1.29, 1.82) is 0 Å². The predicted molar refractivity (Wildman–Crippen MR) is 73.1 cm³/mol. The number of ether oxygens (including phenoxy) is 1. The standard InChI is InChI=1S/C14H24N2O4/c1-9-10(17)14(11(18)15-9)5-7-16(8-6-14)12(19)20-13(2,3)4/h9-10,17H,5-8H2,1-4H3,(H,15,18). The molecule has 2 amide bonds. The molecule has 0 radical (unpaired) electrons. The van der Waals surface area contributed by atoms with Gasteiger partial charge in [0.25, 0.3) is 0 Å². The van der Waals surface area contributed by atoms with Crippen molar-refractivity contribution in [2.24, 2.45) is 5.41 Å². The zero-order chi connectivity index (χ0) is 15.1. The zero-order valence-electron chi connectivity index (χ0n) is 12.6. The number of nitrogens with zero attached hydrogens (tertiary/aromatic N) is 1. The highest BCUT2D eigenvalue weighted by atomic mass is 16.6. The summed E-state index contributed by atoms with van der Waals surface area (Å²) in [5, 5.41) is 13.0. The molecule has 0 aromatic heterocycles. The fourth-order valence-corrected chi connectivity index (χ4v) is 2.98. The van der Waals surface area contributed by atoms with Crippen LogP contribution in [0.3, 0.4) is 0 Å². The highest BCUT2D eigenvalue weighted by molar-refractivity contribution is 5.86. The number of amides is 2. The summed E-state index contributed by atoms with van der Waals surface area (Å²) in [6.07, 6.45) is -0.0863. The van der Waals surface area contributed by atoms with Crippen molar-refractivity contribution >= 4 is 12.0 Å². The summed E-state index contributed by atoms with van der Waals surface area (Å²) in [5.74, 6) is -0.0960. The van der Waals surface area contributed by atoms with E-state index in [1.807, 2.05) is 20.8 Å². The minimum Gasteiger partial charge on any atom is -0.444 e. The number of carbonyl (C=O) groups excluding carboxylic acids is 2. The SMILES string of the molecule is CC1NC(=O)C2(CCN(C(=O)OC(C)(C)C)CC2)C1O. The van der Waals surface area contributed by atoms with Gasteiger partial charge in [0.1, 0.15) is 5.60 Å². The summed E-state index contributed by atoms with van der Waals surface area (Å²) in [6.45, 7) is 8.15. The van der Waals surface area contributed by atoms with Crippen LogP contribution in [0.4, 0.5) is 4.79 Å². The van der Waals surface area contributed by atoms with Crippen molar-refractivity contribution in [3.63, 3.8) is 0 Å². The Morgan fingerprint density at radius 3 is 2.35 bits per heavy atom. The van der Waals surface area contributed by atoms with E-state index in [0.717, 1.165) is 0 Å². The van der Waals surface area contributed by atoms with Gasteiger partial charge in [0.05, 0.1) is 17.6 Å². The molecule has 2 N–H and O–H groups in total. The third-order valence-corrected chi connectivity index (χ3v) is 4.16. The molecule has 1 spiro atoms. The van der Waals surface area contributed by atoms with E-state index < -0.39 is 17.1 Å². The highest BCUT2D eigenvalue weighted by Gasteiger charge is 2.54. The third kappa shape index (κ3) is 2.61. The van der Waals surface area contributed by atoms with Crippen LogP contribution in [0.25, 0.3) is 0 Å². The number of likely N-dealkylation sites (tertiary alicyclic amines) is 1. The van der Waals surface area contributed by atoms with Crippen LogP contribution in [-0.2, 0) is 9.53 Å². The Balaban J connectivity index is 1.99. The van der Waals surface area contributed by atoms with Crippen molar-refractivity contribution in [2.75, 3.05) is 13.1 Å². The van der Waals surface area contributed by atoms with Crippen molar-refractivity contribution in [3.8, 4) is 0 Å². The van der Waals surface area contributed by atoms with Gasteiger partial charge in [0.15, 0.2) is 0 Å². The number of rotatable bonds is 0. The normalized spacial score (nSPS) is 29.4. The molecule has 2 atom stereocenters. The van der Waals surface area contributed by atoms with Crippen LogP contribution in [0.5, 0.6) is 0 Å². The maximum Gasteiger partial charge on any atom is 0.410 e. The molecule has 2 aliphatic heterocycles. The van der Waals surface area contributed by atoms with Gasteiger partial charge in [-0.05, 0) is 40.5 Å². The summed E-state index contributed by atoms with van der Waals surface area (Å²) in [4.78, 5) is 25.7. The monoisotopic (exact) mass is 284 g/mol. The average molecular weight is 284 g/mol. The molecule has 2 heterocycles. The number of hydrogen-bond donors (Lipinski definition) is 2. The van der Waals surface area contributed by atoms with Crippen molar-refractivity contribution in [1.82, 2.24) is 10.2 Å². The van der Waals surface area contributed by atoms with E-state index in [9.17, 15) is 14.7 Å². The number of hydrogen-bond acceptors (Lipinski definition) is 4. The molecule has 0 aliphatic carbocycles. The van der Waals surface area contributed by atoms with Gasteiger partial charge in [-0.25, -0.2) is 4.79 Å². The fraction of sp³-hybridized carbons (Fsp3) is 0.857. The molecule has 20 heavy (non-hydrogen) atoms. The van der Waals surface area contributed by atoms with Gasteiger partial charge in [0.2, 0.25) is 5.91 Å². The number of aliphatic hydroxyl groups excluding tert-OH is 1. The van der Waals surface area contributed by atoms with E-state index in [1.54, 1.807) is 11.8 Å². The zero-order valence-corrected chi connectivity index (χ0v) is 12.6. The molecule has 6 nitrogen and oxygen atoms in total. The lowest BCUT2D eigenvalue weighted by atomic mass is 9.74. The molecule has 114 valence electrons. The molecule has 0 bridgehead atoms. The average Bonchev–Trinajstić information content (AvgIpc) is 2.53. The Kier molecular flexibility index (Phi) is 3.71. The Hall–Kier alpha value is -1.30. The highest BCUT2D eigenvalue weighted by Crippen LogP contribution is 2.40. The molecule has 6 heteroatoms. The number of piperidine rings is 1. The van der Waals surface area contributed by atoms with Crippen LogP contribution < -0.4 is 5.32 Å². The first-order valence-corrected chi connectivity index (χ1v) is 7.13. The Bertz CT molecular complexity index is 408. The van der Waals surface area contributed by atoms with E-state index >= 15 is 0 Å². The molecule has 2 rings (SSSR count). The molecule has 2 saturated heterocycles. The molecule has 0 saturated carbocycles. The molecular formula is C14H24N2O4. The van der Waals surface area contributed by atoms with Crippen molar-refractivity contribution in [2.45, 2.75) is 58.3 Å². The van der Waals surface area contributed by atoms with Gasteiger partial charge in [-0.2, -0.15) is 0 Å². The van der Waals surface area contributed by atoms with Crippen LogP contribution in [0, 0.1) is 5.41 Å². The van der Waals surface area contributed by atoms with Gasteiger partial charge in [-0.15, -0.1) is 0 Å². The van der Waals surface area contributed by atoms with E-state index in [2.05, 4.69) is 5.32 Å². The molecule has 2 unspecified atom stereocenters. The molecule has 2 aliphatic rings. The van der Waals surface area contributed by atoms with Crippen molar-refractivity contribution in [3.05, 3.63) is 0 Å². The van der Waals surface area contributed by atoms with Gasteiger partial charge in [-0.3, -0.25) is 4.79 Å². The quantitative estimate of drug-likeness (QED) is 0.692. The summed E-state index contributed by atoms with van der Waals surface area (Å²) in [5.41, 5.74) is -1.26. The van der Waals surface area contributed by atoms with Crippen molar-refractivity contribution < 1.29 is 19.4 Å². The van der Waals surface area contributed by atoms with Crippen LogP contribution in [-0.4, -0.2) is 52.8 Å². The number of nitrogens with one attached hydrogen (secondary N) is 1.